The van der Waals surface area contributed by atoms with E-state index in [4.69, 9.17) is 5.11 Å². The fraction of sp³-hybridized carbons (Fsp3) is 0.250. The van der Waals surface area contributed by atoms with Crippen molar-refractivity contribution in [1.29, 1.82) is 0 Å². The number of hydrogen-bond acceptors (Lipinski definition) is 5. The third-order valence-corrected chi connectivity index (χ3v) is 2.45. The van der Waals surface area contributed by atoms with Gasteiger partial charge in [0.25, 0.3) is 0 Å². The first-order chi connectivity index (χ1) is 8.63. The van der Waals surface area contributed by atoms with E-state index < -0.39 is 6.16 Å². The van der Waals surface area contributed by atoms with Crippen LogP contribution in [0.3, 0.4) is 0 Å². The van der Waals surface area contributed by atoms with Crippen LogP contribution in [0.25, 0.3) is 0 Å². The average Bonchev–Trinajstić information content (AvgIpc) is 2.74. The summed E-state index contributed by atoms with van der Waals surface area (Å²) < 4.78 is 0. The van der Waals surface area contributed by atoms with Crippen LogP contribution < -0.4 is 4.89 Å². The molecule has 1 aliphatic rings. The second-order valence-corrected chi connectivity index (χ2v) is 4.02. The third-order valence-electron chi connectivity index (χ3n) is 2.45. The highest BCUT2D eigenvalue weighted by Gasteiger charge is 2.09. The standard InChI is InChI=1S/C12H14N2O4.Al.3H/c1-13-6-7-14(9-13)8-10-2-4-11(5-3-10)17-18-12(15)16;;;;/h2-7H,8-9H2,1H3,(H,15,16);;;;. The Labute approximate surface area is 121 Å². The lowest BCUT2D eigenvalue weighted by Crippen LogP contribution is -2.21. The van der Waals surface area contributed by atoms with E-state index in [1.54, 1.807) is 12.1 Å². The fourth-order valence-corrected chi connectivity index (χ4v) is 1.66. The second-order valence-electron chi connectivity index (χ2n) is 4.02. The predicted octanol–water partition coefficient (Wildman–Crippen LogP) is 0.667. The van der Waals surface area contributed by atoms with Gasteiger partial charge in [-0.25, -0.2) is 9.68 Å². The van der Waals surface area contributed by atoms with Gasteiger partial charge in [-0.1, -0.05) is 12.1 Å². The molecule has 0 unspecified atom stereocenters. The van der Waals surface area contributed by atoms with Gasteiger partial charge in [0.05, 0.1) is 6.67 Å². The Bertz CT molecular complexity index is 450. The Balaban J connectivity index is 0.00000180. The minimum absolute atomic E-state index is 0. The van der Waals surface area contributed by atoms with Crippen LogP contribution >= 0.6 is 0 Å². The number of benzene rings is 1. The first-order valence-electron chi connectivity index (χ1n) is 5.42. The van der Waals surface area contributed by atoms with Crippen molar-refractivity contribution in [2.75, 3.05) is 13.7 Å². The summed E-state index contributed by atoms with van der Waals surface area (Å²) in [5, 5.41) is 8.28. The summed E-state index contributed by atoms with van der Waals surface area (Å²) in [4.78, 5) is 22.9. The number of hydrogen-bond donors (Lipinski definition) is 1. The molecule has 0 saturated heterocycles. The highest BCUT2D eigenvalue weighted by molar-refractivity contribution is 5.75. The van der Waals surface area contributed by atoms with E-state index in [0.717, 1.165) is 18.8 Å². The molecule has 0 fully saturated rings. The van der Waals surface area contributed by atoms with Crippen molar-refractivity contribution < 1.29 is 19.7 Å². The van der Waals surface area contributed by atoms with Crippen molar-refractivity contribution in [1.82, 2.24) is 9.80 Å². The molecule has 0 saturated carbocycles. The maximum Gasteiger partial charge on any atom is 0.547 e. The normalized spacial score (nSPS) is 13.1. The van der Waals surface area contributed by atoms with E-state index in [1.807, 2.05) is 31.6 Å². The van der Waals surface area contributed by atoms with Crippen LogP contribution in [-0.2, 0) is 11.4 Å². The largest absolute Gasteiger partial charge is 0.547 e. The van der Waals surface area contributed by atoms with Crippen LogP contribution in [-0.4, -0.2) is 52.1 Å². The molecule has 7 heteroatoms. The number of nitrogens with zero attached hydrogens (tertiary/aromatic N) is 2. The Hall–Kier alpha value is -1.84. The first kappa shape index (κ1) is 15.2. The molecular formula is C12H17AlN2O4. The molecule has 1 heterocycles. The fourth-order valence-electron chi connectivity index (χ4n) is 1.66. The maximum absolute atomic E-state index is 10.1. The lowest BCUT2D eigenvalue weighted by Gasteiger charge is -2.18. The van der Waals surface area contributed by atoms with Crippen molar-refractivity contribution in [2.45, 2.75) is 6.54 Å². The summed E-state index contributed by atoms with van der Waals surface area (Å²) in [6, 6.07) is 7.07. The van der Waals surface area contributed by atoms with Gasteiger partial charge in [-0.05, 0) is 17.7 Å². The van der Waals surface area contributed by atoms with E-state index in [-0.39, 0.29) is 17.4 Å². The van der Waals surface area contributed by atoms with Crippen molar-refractivity contribution in [3.05, 3.63) is 42.2 Å². The van der Waals surface area contributed by atoms with Crippen LogP contribution in [0.2, 0.25) is 0 Å². The van der Waals surface area contributed by atoms with Gasteiger partial charge < -0.3 is 14.9 Å². The van der Waals surface area contributed by atoms with Gasteiger partial charge in [0.2, 0.25) is 0 Å². The van der Waals surface area contributed by atoms with Crippen molar-refractivity contribution in [3.8, 4) is 5.75 Å². The number of carbonyl (C=O) groups is 1. The van der Waals surface area contributed by atoms with Gasteiger partial charge in [0.15, 0.2) is 23.1 Å². The molecule has 102 valence electrons. The summed E-state index contributed by atoms with van der Waals surface area (Å²) in [6.45, 7) is 1.65. The molecule has 0 aromatic heterocycles. The van der Waals surface area contributed by atoms with Crippen LogP contribution in [0.15, 0.2) is 36.7 Å². The van der Waals surface area contributed by atoms with Gasteiger partial charge in [-0.2, -0.15) is 0 Å². The Morgan fingerprint density at radius 3 is 2.53 bits per heavy atom. The molecule has 1 N–H and O–H groups in total. The highest BCUT2D eigenvalue weighted by atomic mass is 27.0. The van der Waals surface area contributed by atoms with Crippen molar-refractivity contribution in [2.24, 2.45) is 0 Å². The smallest absolute Gasteiger partial charge is 0.447 e. The summed E-state index contributed by atoms with van der Waals surface area (Å²) in [6.07, 6.45) is 2.57. The second kappa shape index (κ2) is 6.93. The van der Waals surface area contributed by atoms with E-state index in [9.17, 15) is 4.79 Å². The zero-order chi connectivity index (χ0) is 13.0. The van der Waals surface area contributed by atoms with Gasteiger partial charge >= 0.3 is 6.16 Å². The molecule has 0 amide bonds. The Morgan fingerprint density at radius 2 is 2.00 bits per heavy atom. The van der Waals surface area contributed by atoms with Gasteiger partial charge in [0.1, 0.15) is 0 Å². The molecule has 6 nitrogen and oxygen atoms in total. The van der Waals surface area contributed by atoms with Crippen LogP contribution in [0, 0.1) is 0 Å². The summed E-state index contributed by atoms with van der Waals surface area (Å²) in [5.74, 6) is 0.357. The van der Waals surface area contributed by atoms with E-state index in [1.165, 1.54) is 0 Å². The zero-order valence-corrected chi connectivity index (χ0v) is 9.94. The Morgan fingerprint density at radius 1 is 1.32 bits per heavy atom. The predicted molar refractivity (Wildman–Crippen MR) is 73.4 cm³/mol. The van der Waals surface area contributed by atoms with Crippen LogP contribution in [0.4, 0.5) is 4.79 Å². The van der Waals surface area contributed by atoms with Gasteiger partial charge in [0, 0.05) is 26.0 Å². The molecule has 1 aliphatic heterocycles. The van der Waals surface area contributed by atoms with Crippen LogP contribution in [0.5, 0.6) is 5.75 Å². The first-order valence-corrected chi connectivity index (χ1v) is 5.42. The summed E-state index contributed by atoms with van der Waals surface area (Å²) in [5.41, 5.74) is 1.11. The molecule has 1 aromatic carbocycles. The minimum atomic E-state index is -1.47. The van der Waals surface area contributed by atoms with Gasteiger partial charge in [-0.3, -0.25) is 4.89 Å². The molecule has 0 spiro atoms. The van der Waals surface area contributed by atoms with E-state index >= 15 is 0 Å². The topological polar surface area (TPSA) is 62.2 Å². The molecule has 2 rings (SSSR count). The molecule has 19 heavy (non-hydrogen) atoms. The third kappa shape index (κ3) is 4.74. The lowest BCUT2D eigenvalue weighted by molar-refractivity contribution is -0.161. The maximum atomic E-state index is 10.1. The summed E-state index contributed by atoms with van der Waals surface area (Å²) in [7, 11) is 2.01. The van der Waals surface area contributed by atoms with Gasteiger partial charge in [-0.15, -0.1) is 0 Å². The number of rotatable bonds is 4. The highest BCUT2D eigenvalue weighted by Crippen LogP contribution is 2.15. The molecular weight excluding hydrogens is 263 g/mol. The van der Waals surface area contributed by atoms with E-state index in [2.05, 4.69) is 19.6 Å². The lowest BCUT2D eigenvalue weighted by atomic mass is 10.2. The van der Waals surface area contributed by atoms with Crippen molar-refractivity contribution >= 4 is 23.5 Å². The van der Waals surface area contributed by atoms with Crippen LogP contribution in [0.1, 0.15) is 5.56 Å². The quantitative estimate of drug-likeness (QED) is 0.497. The monoisotopic (exact) mass is 280 g/mol. The molecule has 0 atom stereocenters. The Kier molecular flexibility index (Phi) is 5.55. The van der Waals surface area contributed by atoms with Crippen molar-refractivity contribution in [3.63, 3.8) is 0 Å². The SMILES string of the molecule is CN1C=CN(Cc2ccc(OOC(=O)O)cc2)C1.[AlH3]. The minimum Gasteiger partial charge on any atom is -0.447 e. The molecule has 1 aromatic rings. The zero-order valence-electron chi connectivity index (χ0n) is 9.94. The average molecular weight is 280 g/mol. The number of carboxylic acid groups (broad SMARTS) is 1. The molecule has 0 radical (unpaired) electrons. The molecule has 0 aliphatic carbocycles. The molecule has 0 bridgehead atoms. The van der Waals surface area contributed by atoms with E-state index in [0.29, 0.717) is 5.75 Å². The summed E-state index contributed by atoms with van der Waals surface area (Å²) >= 11 is 0.